The van der Waals surface area contributed by atoms with Gasteiger partial charge in [-0.2, -0.15) is 0 Å². The molecule has 64 valence electrons. The molecule has 0 saturated carbocycles. The highest BCUT2D eigenvalue weighted by atomic mass is 32.1. The van der Waals surface area contributed by atoms with Crippen LogP contribution >= 0.6 is 11.3 Å². The summed E-state index contributed by atoms with van der Waals surface area (Å²) in [5, 5.41) is 7.06. The van der Waals surface area contributed by atoms with E-state index in [0.29, 0.717) is 0 Å². The summed E-state index contributed by atoms with van der Waals surface area (Å²) >= 11 is 1.81. The molecule has 3 atom stereocenters. The number of thiazole rings is 1. The third-order valence-corrected chi connectivity index (χ3v) is 3.98. The number of aromatic nitrogens is 1. The van der Waals surface area contributed by atoms with Gasteiger partial charge in [-0.25, -0.2) is 4.98 Å². The van der Waals surface area contributed by atoms with Crippen LogP contribution in [-0.2, 0) is 0 Å². The minimum Gasteiger partial charge on any atom is -0.311 e. The van der Waals surface area contributed by atoms with Crippen molar-refractivity contribution >= 4 is 11.3 Å². The molecule has 2 bridgehead atoms. The molecule has 2 aliphatic rings. The Kier molecular flexibility index (Phi) is 1.49. The maximum atomic E-state index is 4.40. The van der Waals surface area contributed by atoms with Crippen LogP contribution in [0.5, 0.6) is 0 Å². The van der Waals surface area contributed by atoms with Crippen molar-refractivity contribution in [3.8, 4) is 0 Å². The molecule has 3 unspecified atom stereocenters. The van der Waals surface area contributed by atoms with Gasteiger partial charge in [-0.3, -0.25) is 0 Å². The van der Waals surface area contributed by atoms with Gasteiger partial charge >= 0.3 is 0 Å². The molecule has 3 rings (SSSR count). The van der Waals surface area contributed by atoms with E-state index in [1.165, 1.54) is 24.3 Å². The van der Waals surface area contributed by atoms with Gasteiger partial charge in [0.15, 0.2) is 0 Å². The molecule has 3 heteroatoms. The molecule has 2 fully saturated rings. The van der Waals surface area contributed by atoms with Crippen molar-refractivity contribution in [1.29, 1.82) is 0 Å². The molecule has 2 aliphatic heterocycles. The molecular weight excluding hydrogens is 168 g/mol. The smallest absolute Gasteiger partial charge is 0.0971 e. The molecule has 1 aromatic rings. The Morgan fingerprint density at radius 1 is 1.50 bits per heavy atom. The summed E-state index contributed by atoms with van der Waals surface area (Å²) in [6, 6.07) is 1.53. The first kappa shape index (κ1) is 7.04. The molecule has 0 amide bonds. The van der Waals surface area contributed by atoms with Crippen molar-refractivity contribution in [2.75, 3.05) is 0 Å². The molecule has 0 aromatic carbocycles. The van der Waals surface area contributed by atoms with Gasteiger partial charge in [-0.05, 0) is 19.3 Å². The normalized spacial score (nSPS) is 39.2. The summed E-state index contributed by atoms with van der Waals surface area (Å²) in [7, 11) is 0. The summed E-state index contributed by atoms with van der Waals surface area (Å²) in [6.45, 7) is 0. The van der Waals surface area contributed by atoms with Crippen molar-refractivity contribution in [2.45, 2.75) is 37.3 Å². The van der Waals surface area contributed by atoms with E-state index in [2.05, 4.69) is 15.7 Å². The largest absolute Gasteiger partial charge is 0.311 e. The van der Waals surface area contributed by atoms with Crippen molar-refractivity contribution in [1.82, 2.24) is 10.3 Å². The van der Waals surface area contributed by atoms with E-state index in [1.54, 1.807) is 0 Å². The van der Waals surface area contributed by atoms with Crippen LogP contribution in [0.1, 0.15) is 30.2 Å². The van der Waals surface area contributed by atoms with Gasteiger partial charge in [0.25, 0.3) is 0 Å². The Labute approximate surface area is 76.0 Å². The topological polar surface area (TPSA) is 24.9 Å². The average Bonchev–Trinajstić information content (AvgIpc) is 2.81. The van der Waals surface area contributed by atoms with Crippen LogP contribution in [0, 0.1) is 0 Å². The van der Waals surface area contributed by atoms with Crippen molar-refractivity contribution in [3.63, 3.8) is 0 Å². The summed E-state index contributed by atoms with van der Waals surface area (Å²) in [5.74, 6) is 0.726. The third kappa shape index (κ3) is 0.930. The molecule has 1 aromatic heterocycles. The molecule has 0 radical (unpaired) electrons. The fourth-order valence-corrected chi connectivity index (χ4v) is 3.33. The van der Waals surface area contributed by atoms with Crippen LogP contribution in [0.25, 0.3) is 0 Å². The molecular formula is C9H12N2S. The zero-order chi connectivity index (χ0) is 7.97. The van der Waals surface area contributed by atoms with Gasteiger partial charge in [-0.1, -0.05) is 0 Å². The quantitative estimate of drug-likeness (QED) is 0.712. The van der Waals surface area contributed by atoms with E-state index in [9.17, 15) is 0 Å². The monoisotopic (exact) mass is 180 g/mol. The molecule has 0 aliphatic carbocycles. The number of rotatable bonds is 1. The number of nitrogens with zero attached hydrogens (tertiary/aromatic N) is 1. The lowest BCUT2D eigenvalue weighted by molar-refractivity contribution is 0.505. The molecule has 2 saturated heterocycles. The Bertz CT molecular complexity index is 270. The Morgan fingerprint density at radius 2 is 2.50 bits per heavy atom. The van der Waals surface area contributed by atoms with Crippen molar-refractivity contribution < 1.29 is 0 Å². The van der Waals surface area contributed by atoms with Crippen LogP contribution < -0.4 is 5.32 Å². The number of hydrogen-bond donors (Lipinski definition) is 1. The second-order valence-corrected chi connectivity index (χ2v) is 4.69. The fraction of sp³-hybridized carbons (Fsp3) is 0.667. The van der Waals surface area contributed by atoms with Gasteiger partial charge in [0.1, 0.15) is 0 Å². The van der Waals surface area contributed by atoms with E-state index in [-0.39, 0.29) is 0 Å². The van der Waals surface area contributed by atoms with Crippen LogP contribution in [-0.4, -0.2) is 17.1 Å². The van der Waals surface area contributed by atoms with Gasteiger partial charge < -0.3 is 5.32 Å². The van der Waals surface area contributed by atoms with Crippen LogP contribution in [0.4, 0.5) is 0 Å². The first-order valence-corrected chi connectivity index (χ1v) is 5.47. The highest BCUT2D eigenvalue weighted by molar-refractivity contribution is 7.09. The summed E-state index contributed by atoms with van der Waals surface area (Å²) in [6.07, 6.45) is 5.98. The van der Waals surface area contributed by atoms with Gasteiger partial charge in [0.05, 0.1) is 5.01 Å². The molecule has 2 nitrogen and oxygen atoms in total. The van der Waals surface area contributed by atoms with Gasteiger partial charge in [-0.15, -0.1) is 11.3 Å². The minimum absolute atomic E-state index is 0.726. The SMILES string of the molecule is c1csc(C2CC3CCC2N3)n1. The summed E-state index contributed by atoms with van der Waals surface area (Å²) < 4.78 is 0. The second kappa shape index (κ2) is 2.54. The standard InChI is InChI=1S/C9H12N2S/c1-2-8-7(5-6(1)11-8)9-10-3-4-12-9/h3-4,6-8,11H,1-2,5H2. The van der Waals surface area contributed by atoms with Crippen molar-refractivity contribution in [3.05, 3.63) is 16.6 Å². The molecule has 1 N–H and O–H groups in total. The average molecular weight is 180 g/mol. The molecule has 3 heterocycles. The second-order valence-electron chi connectivity index (χ2n) is 3.76. The zero-order valence-electron chi connectivity index (χ0n) is 6.86. The Balaban J connectivity index is 1.87. The Morgan fingerprint density at radius 3 is 3.08 bits per heavy atom. The number of hydrogen-bond acceptors (Lipinski definition) is 3. The van der Waals surface area contributed by atoms with E-state index in [0.717, 1.165) is 18.0 Å². The number of nitrogens with one attached hydrogen (secondary N) is 1. The predicted molar refractivity (Wildman–Crippen MR) is 49.4 cm³/mol. The van der Waals surface area contributed by atoms with E-state index >= 15 is 0 Å². The predicted octanol–water partition coefficient (Wildman–Crippen LogP) is 1.75. The lowest BCUT2D eigenvalue weighted by Gasteiger charge is -2.16. The maximum Gasteiger partial charge on any atom is 0.0971 e. The first-order valence-electron chi connectivity index (χ1n) is 4.59. The van der Waals surface area contributed by atoms with Crippen LogP contribution in [0.3, 0.4) is 0 Å². The van der Waals surface area contributed by atoms with Crippen LogP contribution in [0.15, 0.2) is 11.6 Å². The van der Waals surface area contributed by atoms with Crippen LogP contribution in [0.2, 0.25) is 0 Å². The molecule has 0 spiro atoms. The third-order valence-electron chi connectivity index (χ3n) is 3.07. The van der Waals surface area contributed by atoms with E-state index < -0.39 is 0 Å². The first-order chi connectivity index (χ1) is 5.93. The Hall–Kier alpha value is -0.410. The highest BCUT2D eigenvalue weighted by Crippen LogP contribution is 2.40. The fourth-order valence-electron chi connectivity index (χ4n) is 2.51. The van der Waals surface area contributed by atoms with E-state index in [4.69, 9.17) is 0 Å². The summed E-state index contributed by atoms with van der Waals surface area (Å²) in [5.41, 5.74) is 0. The minimum atomic E-state index is 0.726. The van der Waals surface area contributed by atoms with Gasteiger partial charge in [0.2, 0.25) is 0 Å². The zero-order valence-corrected chi connectivity index (χ0v) is 7.68. The maximum absolute atomic E-state index is 4.40. The lowest BCUT2D eigenvalue weighted by Crippen LogP contribution is -2.21. The highest BCUT2D eigenvalue weighted by Gasteiger charge is 2.40. The number of fused-ring (bicyclic) bond motifs is 2. The molecule has 12 heavy (non-hydrogen) atoms. The lowest BCUT2D eigenvalue weighted by atomic mass is 9.90. The summed E-state index contributed by atoms with van der Waals surface area (Å²) in [4.78, 5) is 4.40. The van der Waals surface area contributed by atoms with Crippen molar-refractivity contribution in [2.24, 2.45) is 0 Å². The van der Waals surface area contributed by atoms with Gasteiger partial charge in [0, 0.05) is 29.6 Å². The van der Waals surface area contributed by atoms with E-state index in [1.807, 2.05) is 17.5 Å².